The largest absolute Gasteiger partial charge is 0.315 e. The fourth-order valence-electron chi connectivity index (χ4n) is 6.30. The molecule has 0 atom stereocenters. The van der Waals surface area contributed by atoms with Gasteiger partial charge >= 0.3 is 0 Å². The van der Waals surface area contributed by atoms with E-state index >= 15 is 4.57 Å². The molecule has 8 rings (SSSR count). The molecule has 0 saturated carbocycles. The highest BCUT2D eigenvalue weighted by Crippen LogP contribution is 2.43. The van der Waals surface area contributed by atoms with Crippen molar-refractivity contribution in [2.45, 2.75) is 0 Å². The molecular weight excluding hydrogens is 531 g/mol. The summed E-state index contributed by atoms with van der Waals surface area (Å²) in [6.45, 7) is 0. The standard InChI is InChI=1S/C38H27N2OP/c41-42(31-16-6-2-7-17-31,32-18-8-3-9-19-32)33-20-12-15-30(27-33)40-36-22-11-10-21-34(36)35-24-23-28-25-26-39(37(28)38(35)40)29-13-4-1-5-14-29/h1-27H. The smallest absolute Gasteiger partial charge is 0.171 e. The molecule has 2 aromatic heterocycles. The molecule has 0 bridgehead atoms. The molecule has 0 unspecified atom stereocenters. The van der Waals surface area contributed by atoms with E-state index in [2.05, 4.69) is 94.2 Å². The van der Waals surface area contributed by atoms with Crippen LogP contribution >= 0.6 is 7.14 Å². The van der Waals surface area contributed by atoms with Crippen LogP contribution in [-0.4, -0.2) is 9.13 Å². The Balaban J connectivity index is 1.46. The van der Waals surface area contributed by atoms with Gasteiger partial charge in [-0.05, 0) is 36.4 Å². The van der Waals surface area contributed by atoms with Crippen molar-refractivity contribution in [1.82, 2.24) is 9.13 Å². The number of rotatable bonds is 5. The molecule has 0 N–H and O–H groups in total. The van der Waals surface area contributed by atoms with Crippen LogP contribution in [0.1, 0.15) is 0 Å². The van der Waals surface area contributed by atoms with Gasteiger partial charge in [0.2, 0.25) is 0 Å². The average Bonchev–Trinajstić information content (AvgIpc) is 3.65. The number of nitrogens with zero attached hydrogens (tertiary/aromatic N) is 2. The molecular formula is C38H27N2OP. The first kappa shape index (κ1) is 24.7. The lowest BCUT2D eigenvalue weighted by Crippen LogP contribution is -2.25. The molecule has 2 heterocycles. The van der Waals surface area contributed by atoms with Crippen LogP contribution in [0.2, 0.25) is 0 Å². The van der Waals surface area contributed by atoms with Crippen molar-refractivity contribution in [2.75, 3.05) is 0 Å². The fourth-order valence-corrected chi connectivity index (χ4v) is 8.98. The first-order valence-corrected chi connectivity index (χ1v) is 15.8. The monoisotopic (exact) mass is 558 g/mol. The van der Waals surface area contributed by atoms with Crippen molar-refractivity contribution < 1.29 is 4.57 Å². The molecule has 0 saturated heterocycles. The van der Waals surface area contributed by atoms with E-state index in [9.17, 15) is 0 Å². The van der Waals surface area contributed by atoms with Crippen molar-refractivity contribution in [1.29, 1.82) is 0 Å². The highest BCUT2D eigenvalue weighted by molar-refractivity contribution is 7.85. The summed E-state index contributed by atoms with van der Waals surface area (Å²) in [6, 6.07) is 53.7. The van der Waals surface area contributed by atoms with Gasteiger partial charge in [0.1, 0.15) is 0 Å². The van der Waals surface area contributed by atoms with Gasteiger partial charge < -0.3 is 13.7 Å². The third-order valence-electron chi connectivity index (χ3n) is 8.21. The van der Waals surface area contributed by atoms with Crippen molar-refractivity contribution in [2.24, 2.45) is 0 Å². The van der Waals surface area contributed by atoms with E-state index in [1.54, 1.807) is 0 Å². The predicted molar refractivity (Wildman–Crippen MR) is 177 cm³/mol. The van der Waals surface area contributed by atoms with E-state index in [1.165, 1.54) is 16.2 Å². The van der Waals surface area contributed by atoms with Crippen LogP contribution in [0.25, 0.3) is 44.1 Å². The summed E-state index contributed by atoms with van der Waals surface area (Å²) < 4.78 is 19.9. The van der Waals surface area contributed by atoms with Crippen LogP contribution in [0.15, 0.2) is 164 Å². The summed E-state index contributed by atoms with van der Waals surface area (Å²) in [7, 11) is -3.14. The van der Waals surface area contributed by atoms with Gasteiger partial charge in [-0.1, -0.05) is 121 Å². The number of benzene rings is 6. The summed E-state index contributed by atoms with van der Waals surface area (Å²) in [5.74, 6) is 0. The second kappa shape index (κ2) is 9.76. The minimum Gasteiger partial charge on any atom is -0.315 e. The first-order chi connectivity index (χ1) is 20.7. The second-order valence-electron chi connectivity index (χ2n) is 10.6. The van der Waals surface area contributed by atoms with E-state index in [1.807, 2.05) is 78.9 Å². The second-order valence-corrected chi connectivity index (χ2v) is 13.3. The highest BCUT2D eigenvalue weighted by atomic mass is 31.2. The van der Waals surface area contributed by atoms with Gasteiger partial charge in [-0.25, -0.2) is 0 Å². The van der Waals surface area contributed by atoms with Gasteiger partial charge in [0.05, 0.1) is 16.6 Å². The Morgan fingerprint density at radius 1 is 0.452 bits per heavy atom. The Labute approximate surface area is 244 Å². The molecule has 6 aromatic carbocycles. The first-order valence-electron chi connectivity index (χ1n) is 14.1. The molecule has 42 heavy (non-hydrogen) atoms. The van der Waals surface area contributed by atoms with Crippen LogP contribution < -0.4 is 15.9 Å². The number of para-hydroxylation sites is 2. The van der Waals surface area contributed by atoms with Gasteiger partial charge in [-0.2, -0.15) is 0 Å². The maximum Gasteiger partial charge on any atom is 0.171 e. The van der Waals surface area contributed by atoms with Crippen molar-refractivity contribution in [3.05, 3.63) is 164 Å². The van der Waals surface area contributed by atoms with Crippen molar-refractivity contribution in [3.63, 3.8) is 0 Å². The normalized spacial score (nSPS) is 11.9. The number of aromatic nitrogens is 2. The summed E-state index contributed by atoms with van der Waals surface area (Å²) in [4.78, 5) is 0. The molecule has 0 fully saturated rings. The Bertz CT molecular complexity index is 2220. The number of hydrogen-bond acceptors (Lipinski definition) is 1. The quantitative estimate of drug-likeness (QED) is 0.195. The van der Waals surface area contributed by atoms with E-state index in [0.717, 1.165) is 43.8 Å². The van der Waals surface area contributed by atoms with Crippen molar-refractivity contribution in [3.8, 4) is 11.4 Å². The van der Waals surface area contributed by atoms with Gasteiger partial charge in [0, 0.05) is 49.6 Å². The van der Waals surface area contributed by atoms with E-state index in [0.29, 0.717) is 0 Å². The van der Waals surface area contributed by atoms with Gasteiger partial charge in [-0.3, -0.25) is 0 Å². The molecule has 200 valence electrons. The molecule has 3 nitrogen and oxygen atoms in total. The lowest BCUT2D eigenvalue weighted by molar-refractivity contribution is 0.592. The molecule has 0 amide bonds. The Hall–Kier alpha value is -5.11. The molecule has 0 aliphatic heterocycles. The average molecular weight is 559 g/mol. The van der Waals surface area contributed by atoms with Crippen LogP contribution in [0.3, 0.4) is 0 Å². The van der Waals surface area contributed by atoms with Crippen LogP contribution in [0.5, 0.6) is 0 Å². The zero-order valence-electron chi connectivity index (χ0n) is 22.8. The van der Waals surface area contributed by atoms with Crippen LogP contribution in [0, 0.1) is 0 Å². The summed E-state index contributed by atoms with van der Waals surface area (Å²) >= 11 is 0. The third-order valence-corrected chi connectivity index (χ3v) is 11.3. The summed E-state index contributed by atoms with van der Waals surface area (Å²) in [5.41, 5.74) is 5.50. The van der Waals surface area contributed by atoms with Gasteiger partial charge in [0.15, 0.2) is 7.14 Å². The molecule has 0 aliphatic rings. The van der Waals surface area contributed by atoms with E-state index in [-0.39, 0.29) is 0 Å². The van der Waals surface area contributed by atoms with E-state index in [4.69, 9.17) is 0 Å². The topological polar surface area (TPSA) is 26.9 Å². The minimum absolute atomic E-state index is 0.814. The van der Waals surface area contributed by atoms with Gasteiger partial charge in [-0.15, -0.1) is 0 Å². The lowest BCUT2D eigenvalue weighted by Gasteiger charge is -2.21. The van der Waals surface area contributed by atoms with Gasteiger partial charge in [0.25, 0.3) is 0 Å². The Morgan fingerprint density at radius 2 is 1.05 bits per heavy atom. The molecule has 8 aromatic rings. The molecule has 0 radical (unpaired) electrons. The summed E-state index contributed by atoms with van der Waals surface area (Å²) in [6.07, 6.45) is 2.15. The Kier molecular flexibility index (Phi) is 5.73. The minimum atomic E-state index is -3.14. The van der Waals surface area contributed by atoms with E-state index < -0.39 is 7.14 Å². The molecule has 0 aliphatic carbocycles. The maximum absolute atomic E-state index is 15.3. The van der Waals surface area contributed by atoms with Crippen LogP contribution in [-0.2, 0) is 4.57 Å². The van der Waals surface area contributed by atoms with Crippen molar-refractivity contribution >= 4 is 55.8 Å². The maximum atomic E-state index is 15.3. The Morgan fingerprint density at radius 3 is 1.76 bits per heavy atom. The lowest BCUT2D eigenvalue weighted by atomic mass is 10.1. The molecule has 4 heteroatoms. The highest BCUT2D eigenvalue weighted by Gasteiger charge is 2.30. The third kappa shape index (κ3) is 3.71. The van der Waals surface area contributed by atoms with Crippen LogP contribution in [0.4, 0.5) is 0 Å². The summed E-state index contributed by atoms with van der Waals surface area (Å²) in [5, 5.41) is 6.02. The fraction of sp³-hybridized carbons (Fsp3) is 0. The zero-order chi connectivity index (χ0) is 28.1. The SMILES string of the molecule is O=P(c1ccccc1)(c1ccccc1)c1cccc(-n2c3ccccc3c3ccc4ccn(-c5ccccc5)c4c32)c1. The number of hydrogen-bond donors (Lipinski definition) is 0. The molecule has 0 spiro atoms. The predicted octanol–water partition coefficient (Wildman–Crippen LogP) is 8.37. The zero-order valence-corrected chi connectivity index (χ0v) is 23.7. The number of fused-ring (bicyclic) bond motifs is 5.